The van der Waals surface area contributed by atoms with Gasteiger partial charge in [-0.3, -0.25) is 4.79 Å². The smallest absolute Gasteiger partial charge is 0.252 e. The lowest BCUT2D eigenvalue weighted by Gasteiger charge is -2.21. The molecule has 2 aliphatic carbocycles. The molecule has 2 fully saturated rings. The van der Waals surface area contributed by atoms with Crippen molar-refractivity contribution < 1.29 is 4.79 Å². The Morgan fingerprint density at radius 1 is 1.17 bits per heavy atom. The van der Waals surface area contributed by atoms with Crippen molar-refractivity contribution in [1.29, 1.82) is 0 Å². The third kappa shape index (κ3) is 3.63. The highest BCUT2D eigenvalue weighted by Gasteiger charge is 2.29. The zero-order chi connectivity index (χ0) is 19.8. The van der Waals surface area contributed by atoms with Crippen LogP contribution >= 0.6 is 0 Å². The van der Waals surface area contributed by atoms with E-state index in [1.54, 1.807) is 10.9 Å². The van der Waals surface area contributed by atoms with Crippen LogP contribution in [0.3, 0.4) is 0 Å². The topological polar surface area (TPSA) is 72.7 Å². The highest BCUT2D eigenvalue weighted by atomic mass is 16.1. The molecule has 0 spiro atoms. The molecule has 2 saturated carbocycles. The van der Waals surface area contributed by atoms with Gasteiger partial charge in [0.2, 0.25) is 0 Å². The molecule has 1 N–H and O–H groups in total. The molecule has 0 aliphatic heterocycles. The molecule has 3 aromatic rings. The maximum Gasteiger partial charge on any atom is 0.252 e. The van der Waals surface area contributed by atoms with E-state index in [-0.39, 0.29) is 5.91 Å². The zero-order valence-corrected chi connectivity index (χ0v) is 16.9. The van der Waals surface area contributed by atoms with Gasteiger partial charge >= 0.3 is 0 Å². The first-order valence-corrected chi connectivity index (χ1v) is 10.8. The van der Waals surface area contributed by atoms with Crippen LogP contribution in [0.15, 0.2) is 30.5 Å². The molecular formula is C23H27N5O. The third-order valence-electron chi connectivity index (χ3n) is 6.22. The van der Waals surface area contributed by atoms with Gasteiger partial charge in [0, 0.05) is 24.4 Å². The van der Waals surface area contributed by atoms with E-state index in [9.17, 15) is 4.79 Å². The van der Waals surface area contributed by atoms with Crippen LogP contribution < -0.4 is 5.32 Å². The Labute approximate surface area is 170 Å². The van der Waals surface area contributed by atoms with E-state index in [0.29, 0.717) is 17.4 Å². The molecule has 0 unspecified atom stereocenters. The number of carbonyl (C=O) groups is 1. The summed E-state index contributed by atoms with van der Waals surface area (Å²) in [6.45, 7) is 2.70. The summed E-state index contributed by atoms with van der Waals surface area (Å²) < 4.78 is 1.77. The number of rotatable bonds is 5. The lowest BCUT2D eigenvalue weighted by atomic mass is 9.89. The van der Waals surface area contributed by atoms with Gasteiger partial charge in [-0.15, -0.1) is 0 Å². The molecule has 6 nitrogen and oxygen atoms in total. The fourth-order valence-electron chi connectivity index (χ4n) is 4.44. The van der Waals surface area contributed by atoms with Crippen LogP contribution in [0.25, 0.3) is 16.9 Å². The van der Waals surface area contributed by atoms with Crippen LogP contribution in [0.1, 0.15) is 72.6 Å². The van der Waals surface area contributed by atoms with E-state index in [1.807, 2.05) is 31.2 Å². The van der Waals surface area contributed by atoms with Crippen molar-refractivity contribution >= 4 is 16.9 Å². The molecule has 5 rings (SSSR count). The fourth-order valence-corrected chi connectivity index (χ4v) is 4.44. The van der Waals surface area contributed by atoms with Gasteiger partial charge in [0.05, 0.1) is 16.6 Å². The van der Waals surface area contributed by atoms with Crippen LogP contribution in [0, 0.1) is 12.8 Å². The van der Waals surface area contributed by atoms with Crippen LogP contribution in [-0.2, 0) is 0 Å². The predicted octanol–water partition coefficient (Wildman–Crippen LogP) is 4.31. The second-order valence-corrected chi connectivity index (χ2v) is 8.47. The number of aromatic nitrogens is 4. The van der Waals surface area contributed by atoms with Gasteiger partial charge < -0.3 is 5.32 Å². The van der Waals surface area contributed by atoms with Crippen LogP contribution in [-0.4, -0.2) is 32.2 Å². The first kappa shape index (κ1) is 18.3. The minimum Gasteiger partial charge on any atom is -0.352 e. The van der Waals surface area contributed by atoms with Gasteiger partial charge in [-0.05, 0) is 56.7 Å². The molecule has 0 aromatic carbocycles. The maximum atomic E-state index is 13.2. The zero-order valence-electron chi connectivity index (χ0n) is 16.9. The van der Waals surface area contributed by atoms with E-state index in [0.717, 1.165) is 47.6 Å². The number of carbonyl (C=O) groups excluding carboxylic acids is 1. The standard InChI is InChI=1S/C23H27N5O/c1-15-21-18(23(29)25-14-16-7-3-2-4-8-16)13-19(17-10-11-17)26-22(21)28(27-15)20-9-5-6-12-24-20/h5-6,9,12-13,16-17H,2-4,7-8,10-11,14H2,1H3,(H,25,29). The molecule has 29 heavy (non-hydrogen) atoms. The van der Waals surface area contributed by atoms with Crippen molar-refractivity contribution in [3.8, 4) is 5.82 Å². The molecule has 0 radical (unpaired) electrons. The Morgan fingerprint density at radius 3 is 2.72 bits per heavy atom. The molecular weight excluding hydrogens is 362 g/mol. The van der Waals surface area contributed by atoms with Crippen molar-refractivity contribution in [3.63, 3.8) is 0 Å². The summed E-state index contributed by atoms with van der Waals surface area (Å²) in [7, 11) is 0. The monoisotopic (exact) mass is 389 g/mol. The summed E-state index contributed by atoms with van der Waals surface area (Å²) >= 11 is 0. The quantitative estimate of drug-likeness (QED) is 0.706. The molecule has 1 amide bonds. The average molecular weight is 390 g/mol. The Morgan fingerprint density at radius 2 is 2.00 bits per heavy atom. The average Bonchev–Trinajstić information content (AvgIpc) is 3.57. The van der Waals surface area contributed by atoms with Crippen molar-refractivity contribution in [2.24, 2.45) is 5.92 Å². The number of aryl methyl sites for hydroxylation is 1. The summed E-state index contributed by atoms with van der Waals surface area (Å²) in [4.78, 5) is 22.5. The highest BCUT2D eigenvalue weighted by molar-refractivity contribution is 6.06. The number of hydrogen-bond donors (Lipinski definition) is 1. The predicted molar refractivity (Wildman–Crippen MR) is 112 cm³/mol. The van der Waals surface area contributed by atoms with Gasteiger partial charge in [-0.25, -0.2) is 9.97 Å². The number of nitrogens with one attached hydrogen (secondary N) is 1. The second-order valence-electron chi connectivity index (χ2n) is 8.47. The molecule has 3 aromatic heterocycles. The molecule has 0 bridgehead atoms. The van der Waals surface area contributed by atoms with E-state index in [4.69, 9.17) is 4.98 Å². The normalized spacial score (nSPS) is 17.6. The highest BCUT2D eigenvalue weighted by Crippen LogP contribution is 2.40. The van der Waals surface area contributed by atoms with Crippen molar-refractivity contribution in [3.05, 3.63) is 47.4 Å². The maximum absolute atomic E-state index is 13.2. The molecule has 6 heteroatoms. The third-order valence-corrected chi connectivity index (χ3v) is 6.22. The van der Waals surface area contributed by atoms with Crippen LogP contribution in [0.2, 0.25) is 0 Å². The number of hydrogen-bond acceptors (Lipinski definition) is 4. The Balaban J connectivity index is 1.53. The molecule has 0 saturated heterocycles. The van der Waals surface area contributed by atoms with E-state index in [2.05, 4.69) is 15.4 Å². The van der Waals surface area contributed by atoms with Gasteiger partial charge in [-0.2, -0.15) is 9.78 Å². The molecule has 150 valence electrons. The summed E-state index contributed by atoms with van der Waals surface area (Å²) in [5.41, 5.74) is 3.24. The molecule has 0 atom stereocenters. The summed E-state index contributed by atoms with van der Waals surface area (Å²) in [6.07, 6.45) is 10.3. The van der Waals surface area contributed by atoms with E-state index in [1.165, 1.54) is 32.1 Å². The van der Waals surface area contributed by atoms with Crippen LogP contribution in [0.5, 0.6) is 0 Å². The number of fused-ring (bicyclic) bond motifs is 1. The SMILES string of the molecule is Cc1nn(-c2ccccn2)c2nc(C3CC3)cc(C(=O)NCC3CCCCC3)c12. The van der Waals surface area contributed by atoms with Gasteiger partial charge in [-0.1, -0.05) is 25.3 Å². The van der Waals surface area contributed by atoms with Crippen molar-refractivity contribution in [2.75, 3.05) is 6.54 Å². The molecule has 2 aliphatic rings. The minimum atomic E-state index is -0.00598. The minimum absolute atomic E-state index is 0.00598. The number of amides is 1. The lowest BCUT2D eigenvalue weighted by Crippen LogP contribution is -2.30. The van der Waals surface area contributed by atoms with E-state index < -0.39 is 0 Å². The van der Waals surface area contributed by atoms with Crippen molar-refractivity contribution in [2.45, 2.75) is 57.8 Å². The summed E-state index contributed by atoms with van der Waals surface area (Å²) in [5, 5.41) is 8.72. The Hall–Kier alpha value is -2.76. The number of pyridine rings is 2. The Bertz CT molecular complexity index is 1030. The second kappa shape index (κ2) is 7.58. The fraction of sp³-hybridized carbons (Fsp3) is 0.478. The summed E-state index contributed by atoms with van der Waals surface area (Å²) in [6, 6.07) is 7.73. The first-order valence-electron chi connectivity index (χ1n) is 10.8. The van der Waals surface area contributed by atoms with Gasteiger partial charge in [0.15, 0.2) is 11.5 Å². The van der Waals surface area contributed by atoms with Gasteiger partial charge in [0.25, 0.3) is 5.91 Å². The van der Waals surface area contributed by atoms with Crippen molar-refractivity contribution in [1.82, 2.24) is 25.1 Å². The van der Waals surface area contributed by atoms with E-state index >= 15 is 0 Å². The summed E-state index contributed by atoms with van der Waals surface area (Å²) in [5.74, 6) is 1.77. The van der Waals surface area contributed by atoms with Gasteiger partial charge in [0.1, 0.15) is 0 Å². The molecule has 3 heterocycles. The largest absolute Gasteiger partial charge is 0.352 e. The number of nitrogens with zero attached hydrogens (tertiary/aromatic N) is 4. The first-order chi connectivity index (χ1) is 14.2. The Kier molecular flexibility index (Phi) is 4.78. The lowest BCUT2D eigenvalue weighted by molar-refractivity contribution is 0.0945. The van der Waals surface area contributed by atoms with Crippen LogP contribution in [0.4, 0.5) is 0 Å².